The Labute approximate surface area is 104 Å². The predicted molar refractivity (Wildman–Crippen MR) is 67.5 cm³/mol. The number of hydrogen-bond donors (Lipinski definition) is 2. The van der Waals surface area contributed by atoms with Gasteiger partial charge in [0.15, 0.2) is 0 Å². The Morgan fingerprint density at radius 3 is 2.53 bits per heavy atom. The van der Waals surface area contributed by atoms with E-state index >= 15 is 0 Å². The van der Waals surface area contributed by atoms with Crippen LogP contribution in [-0.4, -0.2) is 24.2 Å². The molecule has 2 rings (SSSR count). The van der Waals surface area contributed by atoms with Gasteiger partial charge in [0.2, 0.25) is 5.91 Å². The van der Waals surface area contributed by atoms with E-state index in [2.05, 4.69) is 12.2 Å². The molecule has 98 valence electrons. The zero-order chi connectivity index (χ0) is 12.3. The number of carbonyl (C=O) groups is 1. The third kappa shape index (κ3) is 2.82. The summed E-state index contributed by atoms with van der Waals surface area (Å²) in [4.78, 5) is 12.1. The van der Waals surface area contributed by atoms with Crippen LogP contribution in [-0.2, 0) is 4.79 Å². The van der Waals surface area contributed by atoms with Crippen LogP contribution in [0.2, 0.25) is 0 Å². The van der Waals surface area contributed by atoms with E-state index in [1.54, 1.807) is 0 Å². The quantitative estimate of drug-likeness (QED) is 0.789. The molecule has 2 atom stereocenters. The standard InChI is InChI=1S/C14H25NO2/c1-14(7-2-3-8-14)13(17)15-9-11-5-4-6-12(11)10-16/h11-12,16H,2-10H2,1H3,(H,15,17). The fraction of sp³-hybridized carbons (Fsp3) is 0.929. The molecule has 0 spiro atoms. The number of rotatable bonds is 4. The molecule has 0 aromatic heterocycles. The lowest BCUT2D eigenvalue weighted by atomic mass is 9.87. The maximum atomic E-state index is 12.1. The summed E-state index contributed by atoms with van der Waals surface area (Å²) < 4.78 is 0. The highest BCUT2D eigenvalue weighted by atomic mass is 16.3. The maximum Gasteiger partial charge on any atom is 0.225 e. The summed E-state index contributed by atoms with van der Waals surface area (Å²) in [5.74, 6) is 1.14. The summed E-state index contributed by atoms with van der Waals surface area (Å²) in [6.07, 6.45) is 7.92. The first kappa shape index (κ1) is 12.9. The molecule has 0 saturated heterocycles. The van der Waals surface area contributed by atoms with Crippen molar-refractivity contribution in [3.8, 4) is 0 Å². The molecule has 3 heteroatoms. The fourth-order valence-electron chi connectivity index (χ4n) is 3.44. The van der Waals surface area contributed by atoms with Gasteiger partial charge in [0.05, 0.1) is 0 Å². The molecule has 2 aliphatic carbocycles. The van der Waals surface area contributed by atoms with Gasteiger partial charge in [-0.2, -0.15) is 0 Å². The summed E-state index contributed by atoms with van der Waals surface area (Å²) >= 11 is 0. The molecule has 1 amide bonds. The molecule has 3 nitrogen and oxygen atoms in total. The van der Waals surface area contributed by atoms with Crippen LogP contribution < -0.4 is 5.32 Å². The molecule has 2 aliphatic rings. The predicted octanol–water partition coefficient (Wildman–Crippen LogP) is 2.09. The van der Waals surface area contributed by atoms with Gasteiger partial charge in [0.1, 0.15) is 0 Å². The number of aliphatic hydroxyl groups excluding tert-OH is 1. The van der Waals surface area contributed by atoms with Crippen LogP contribution in [0.5, 0.6) is 0 Å². The number of nitrogens with one attached hydrogen (secondary N) is 1. The van der Waals surface area contributed by atoms with E-state index in [0.717, 1.165) is 32.2 Å². The van der Waals surface area contributed by atoms with Crippen molar-refractivity contribution in [2.75, 3.05) is 13.2 Å². The number of carbonyl (C=O) groups excluding carboxylic acids is 1. The Bertz CT molecular complexity index is 271. The van der Waals surface area contributed by atoms with Crippen LogP contribution in [0.3, 0.4) is 0 Å². The van der Waals surface area contributed by atoms with Gasteiger partial charge in [-0.25, -0.2) is 0 Å². The van der Waals surface area contributed by atoms with Crippen LogP contribution in [0.4, 0.5) is 0 Å². The average molecular weight is 239 g/mol. The van der Waals surface area contributed by atoms with Crippen LogP contribution in [0.25, 0.3) is 0 Å². The second-order valence-corrected chi connectivity index (χ2v) is 6.11. The minimum Gasteiger partial charge on any atom is -0.396 e. The molecule has 2 saturated carbocycles. The lowest BCUT2D eigenvalue weighted by Gasteiger charge is -2.25. The van der Waals surface area contributed by atoms with Crippen molar-refractivity contribution < 1.29 is 9.90 Å². The first-order valence-electron chi connectivity index (χ1n) is 7.05. The van der Waals surface area contributed by atoms with Crippen LogP contribution >= 0.6 is 0 Å². The second kappa shape index (κ2) is 5.38. The third-order valence-electron chi connectivity index (χ3n) is 4.83. The lowest BCUT2D eigenvalue weighted by molar-refractivity contribution is -0.130. The zero-order valence-electron chi connectivity index (χ0n) is 10.9. The topological polar surface area (TPSA) is 49.3 Å². The molecule has 0 radical (unpaired) electrons. The average Bonchev–Trinajstić information content (AvgIpc) is 2.95. The smallest absolute Gasteiger partial charge is 0.225 e. The summed E-state index contributed by atoms with van der Waals surface area (Å²) in [5.41, 5.74) is -0.118. The Kier molecular flexibility index (Phi) is 4.08. The van der Waals surface area contributed by atoms with Crippen molar-refractivity contribution in [3.63, 3.8) is 0 Å². The van der Waals surface area contributed by atoms with E-state index in [9.17, 15) is 9.90 Å². The second-order valence-electron chi connectivity index (χ2n) is 6.11. The highest BCUT2D eigenvalue weighted by Crippen LogP contribution is 2.38. The number of amides is 1. The molecule has 0 aliphatic heterocycles. The molecular weight excluding hydrogens is 214 g/mol. The maximum absolute atomic E-state index is 12.1. The highest BCUT2D eigenvalue weighted by molar-refractivity contribution is 5.82. The monoisotopic (exact) mass is 239 g/mol. The molecule has 0 aromatic rings. The Morgan fingerprint density at radius 1 is 1.24 bits per heavy atom. The Hall–Kier alpha value is -0.570. The van der Waals surface area contributed by atoms with Crippen molar-refractivity contribution in [2.45, 2.75) is 51.9 Å². The van der Waals surface area contributed by atoms with E-state index in [1.165, 1.54) is 19.3 Å². The van der Waals surface area contributed by atoms with Crippen molar-refractivity contribution in [3.05, 3.63) is 0 Å². The first-order chi connectivity index (χ1) is 8.15. The molecule has 0 aromatic carbocycles. The summed E-state index contributed by atoms with van der Waals surface area (Å²) in [6.45, 7) is 3.13. The molecular formula is C14H25NO2. The number of hydrogen-bond acceptors (Lipinski definition) is 2. The Morgan fingerprint density at radius 2 is 1.88 bits per heavy atom. The van der Waals surface area contributed by atoms with Gasteiger partial charge in [-0.3, -0.25) is 4.79 Å². The lowest BCUT2D eigenvalue weighted by Crippen LogP contribution is -2.40. The van der Waals surface area contributed by atoms with Crippen molar-refractivity contribution >= 4 is 5.91 Å². The van der Waals surface area contributed by atoms with Gasteiger partial charge in [-0.05, 0) is 37.5 Å². The molecule has 2 fully saturated rings. The third-order valence-corrected chi connectivity index (χ3v) is 4.83. The zero-order valence-corrected chi connectivity index (χ0v) is 10.9. The van der Waals surface area contributed by atoms with Crippen LogP contribution in [0.15, 0.2) is 0 Å². The molecule has 17 heavy (non-hydrogen) atoms. The normalized spacial score (nSPS) is 31.6. The van der Waals surface area contributed by atoms with Crippen molar-refractivity contribution in [1.29, 1.82) is 0 Å². The van der Waals surface area contributed by atoms with Crippen LogP contribution in [0, 0.1) is 17.3 Å². The first-order valence-corrected chi connectivity index (χ1v) is 7.05. The fourth-order valence-corrected chi connectivity index (χ4v) is 3.44. The van der Waals surface area contributed by atoms with Gasteiger partial charge in [-0.15, -0.1) is 0 Å². The van der Waals surface area contributed by atoms with E-state index in [4.69, 9.17) is 0 Å². The summed E-state index contributed by atoms with van der Waals surface area (Å²) in [7, 11) is 0. The Balaban J connectivity index is 1.79. The minimum absolute atomic E-state index is 0.118. The van der Waals surface area contributed by atoms with E-state index in [0.29, 0.717) is 11.8 Å². The van der Waals surface area contributed by atoms with Crippen molar-refractivity contribution in [2.24, 2.45) is 17.3 Å². The van der Waals surface area contributed by atoms with E-state index in [-0.39, 0.29) is 17.9 Å². The highest BCUT2D eigenvalue weighted by Gasteiger charge is 2.36. The van der Waals surface area contributed by atoms with Gasteiger partial charge >= 0.3 is 0 Å². The van der Waals surface area contributed by atoms with Gasteiger partial charge < -0.3 is 10.4 Å². The molecule has 0 bridgehead atoms. The molecule has 2 N–H and O–H groups in total. The molecule has 0 heterocycles. The van der Waals surface area contributed by atoms with E-state index in [1.807, 2.05) is 0 Å². The summed E-state index contributed by atoms with van der Waals surface area (Å²) in [5, 5.41) is 12.4. The van der Waals surface area contributed by atoms with Crippen molar-refractivity contribution in [1.82, 2.24) is 5.32 Å². The SMILES string of the molecule is CC1(C(=O)NCC2CCCC2CO)CCCC1. The minimum atomic E-state index is -0.118. The van der Waals surface area contributed by atoms with Gasteiger partial charge in [0.25, 0.3) is 0 Å². The van der Waals surface area contributed by atoms with Gasteiger partial charge in [0, 0.05) is 18.6 Å². The largest absolute Gasteiger partial charge is 0.396 e. The summed E-state index contributed by atoms with van der Waals surface area (Å²) in [6, 6.07) is 0. The number of aliphatic hydroxyl groups is 1. The van der Waals surface area contributed by atoms with E-state index < -0.39 is 0 Å². The van der Waals surface area contributed by atoms with Crippen LogP contribution in [0.1, 0.15) is 51.9 Å². The van der Waals surface area contributed by atoms with Gasteiger partial charge in [-0.1, -0.05) is 26.2 Å². The molecule has 2 unspecified atom stereocenters.